The van der Waals surface area contributed by atoms with Crippen molar-refractivity contribution < 1.29 is 24.2 Å². The maximum atomic E-state index is 10.6. The zero-order valence-corrected chi connectivity index (χ0v) is 15.0. The SMILES string of the molecule is C=CC(=O)OCCCCCC(C)C.O=C(O)C=COc1ccccc1. The summed E-state index contributed by atoms with van der Waals surface area (Å²) in [5.74, 6) is 0.0560. The molecule has 138 valence electrons. The van der Waals surface area contributed by atoms with Crippen molar-refractivity contribution >= 4 is 11.9 Å². The van der Waals surface area contributed by atoms with E-state index in [1.807, 2.05) is 18.2 Å². The summed E-state index contributed by atoms with van der Waals surface area (Å²) >= 11 is 0. The summed E-state index contributed by atoms with van der Waals surface area (Å²) < 4.78 is 9.80. The highest BCUT2D eigenvalue weighted by Gasteiger charge is 1.96. The smallest absolute Gasteiger partial charge is 0.331 e. The Hall–Kier alpha value is -2.56. The molecule has 0 aliphatic rings. The molecule has 5 nitrogen and oxygen atoms in total. The second kappa shape index (κ2) is 15.0. The third-order valence-electron chi connectivity index (χ3n) is 2.99. The van der Waals surface area contributed by atoms with Gasteiger partial charge >= 0.3 is 11.9 Å². The Morgan fingerprint density at radius 2 is 1.84 bits per heavy atom. The van der Waals surface area contributed by atoms with Crippen LogP contribution in [0.4, 0.5) is 0 Å². The molecule has 1 aromatic carbocycles. The summed E-state index contributed by atoms with van der Waals surface area (Å²) in [4.78, 5) is 20.6. The van der Waals surface area contributed by atoms with Gasteiger partial charge in [0, 0.05) is 6.08 Å². The molecule has 0 saturated carbocycles. The molecule has 0 aliphatic carbocycles. The van der Waals surface area contributed by atoms with Crippen LogP contribution in [0, 0.1) is 5.92 Å². The van der Waals surface area contributed by atoms with Crippen LogP contribution in [-0.2, 0) is 14.3 Å². The third kappa shape index (κ3) is 16.1. The number of unbranched alkanes of at least 4 members (excludes halogenated alkanes) is 2. The molecule has 1 N–H and O–H groups in total. The Labute approximate surface area is 150 Å². The van der Waals surface area contributed by atoms with Crippen molar-refractivity contribution in [1.82, 2.24) is 0 Å². The fourth-order valence-corrected chi connectivity index (χ4v) is 1.73. The number of para-hydroxylation sites is 1. The number of benzene rings is 1. The molecule has 0 radical (unpaired) electrons. The minimum atomic E-state index is -1.02. The van der Waals surface area contributed by atoms with Gasteiger partial charge in [-0.2, -0.15) is 0 Å². The number of hydrogen-bond acceptors (Lipinski definition) is 4. The molecule has 0 aromatic heterocycles. The molecule has 0 spiro atoms. The van der Waals surface area contributed by atoms with Gasteiger partial charge in [-0.25, -0.2) is 9.59 Å². The van der Waals surface area contributed by atoms with E-state index >= 15 is 0 Å². The maximum Gasteiger partial charge on any atom is 0.331 e. The average molecular weight is 348 g/mol. The third-order valence-corrected chi connectivity index (χ3v) is 2.99. The van der Waals surface area contributed by atoms with Crippen LogP contribution in [0.15, 0.2) is 55.3 Å². The van der Waals surface area contributed by atoms with Gasteiger partial charge in [0.1, 0.15) is 5.75 Å². The Morgan fingerprint density at radius 3 is 2.40 bits per heavy atom. The molecule has 0 atom stereocenters. The first-order valence-corrected chi connectivity index (χ1v) is 8.36. The number of hydrogen-bond donors (Lipinski definition) is 1. The summed E-state index contributed by atoms with van der Waals surface area (Å²) in [5, 5.41) is 8.22. The lowest BCUT2D eigenvalue weighted by Crippen LogP contribution is -2.01. The van der Waals surface area contributed by atoms with E-state index in [0.717, 1.165) is 31.1 Å². The van der Waals surface area contributed by atoms with Gasteiger partial charge in [-0.1, -0.05) is 57.9 Å². The monoisotopic (exact) mass is 348 g/mol. The molecule has 0 amide bonds. The molecule has 5 heteroatoms. The van der Waals surface area contributed by atoms with Crippen molar-refractivity contribution in [3.63, 3.8) is 0 Å². The van der Waals surface area contributed by atoms with Crippen LogP contribution in [0.1, 0.15) is 39.5 Å². The molecule has 0 fully saturated rings. The van der Waals surface area contributed by atoms with Crippen LogP contribution < -0.4 is 4.74 Å². The zero-order chi connectivity index (χ0) is 18.9. The van der Waals surface area contributed by atoms with Crippen LogP contribution in [0.25, 0.3) is 0 Å². The Morgan fingerprint density at radius 1 is 1.16 bits per heavy atom. The van der Waals surface area contributed by atoms with Gasteiger partial charge in [0.15, 0.2) is 0 Å². The second-order valence-electron chi connectivity index (χ2n) is 5.69. The lowest BCUT2D eigenvalue weighted by Gasteiger charge is -2.04. The molecule has 0 aliphatic heterocycles. The minimum Gasteiger partial charge on any atom is -0.478 e. The number of ether oxygens (including phenoxy) is 2. The number of carboxylic acid groups (broad SMARTS) is 1. The highest BCUT2D eigenvalue weighted by molar-refractivity contribution is 5.81. The van der Waals surface area contributed by atoms with E-state index in [-0.39, 0.29) is 5.97 Å². The van der Waals surface area contributed by atoms with E-state index in [9.17, 15) is 9.59 Å². The highest BCUT2D eigenvalue weighted by Crippen LogP contribution is 2.08. The minimum absolute atomic E-state index is 0.316. The maximum absolute atomic E-state index is 10.6. The number of rotatable bonds is 10. The number of carboxylic acids is 1. The number of carbonyl (C=O) groups is 2. The summed E-state index contributed by atoms with van der Waals surface area (Å²) in [5.41, 5.74) is 0. The second-order valence-corrected chi connectivity index (χ2v) is 5.69. The Kier molecular flexibility index (Phi) is 13.5. The Bertz CT molecular complexity index is 520. The molecule has 1 aromatic rings. The normalized spacial score (nSPS) is 10.0. The number of carbonyl (C=O) groups excluding carboxylic acids is 1. The topological polar surface area (TPSA) is 72.8 Å². The number of esters is 1. The molecule has 1 rings (SSSR count). The van der Waals surface area contributed by atoms with Gasteiger partial charge in [-0.05, 0) is 24.5 Å². The fraction of sp³-hybridized carbons (Fsp3) is 0.400. The molecule has 0 bridgehead atoms. The van der Waals surface area contributed by atoms with Gasteiger partial charge in [0.05, 0.1) is 18.9 Å². The van der Waals surface area contributed by atoms with Crippen LogP contribution >= 0.6 is 0 Å². The van der Waals surface area contributed by atoms with Crippen LogP contribution in [0.5, 0.6) is 5.75 Å². The predicted octanol–water partition coefficient (Wildman–Crippen LogP) is 4.60. The molecule has 0 saturated heterocycles. The summed E-state index contributed by atoms with van der Waals surface area (Å²) in [6, 6.07) is 8.96. The van der Waals surface area contributed by atoms with Crippen molar-refractivity contribution in [1.29, 1.82) is 0 Å². The van der Waals surface area contributed by atoms with Crippen LogP contribution in [0.2, 0.25) is 0 Å². The summed E-state index contributed by atoms with van der Waals surface area (Å²) in [6.07, 6.45) is 7.87. The predicted molar refractivity (Wildman–Crippen MR) is 98.3 cm³/mol. The first-order chi connectivity index (χ1) is 12.0. The standard InChI is InChI=1S/C11H20O2.C9H8O3/c1-4-11(12)13-9-7-5-6-8-10(2)3;10-9(11)6-7-12-8-4-2-1-3-5-8/h4,10H,1,5-9H2,2-3H3;1-7H,(H,10,11). The van der Waals surface area contributed by atoms with Gasteiger partial charge in [0.2, 0.25) is 0 Å². The average Bonchev–Trinajstić information content (AvgIpc) is 2.58. The summed E-state index contributed by atoms with van der Waals surface area (Å²) in [7, 11) is 0. The van der Waals surface area contributed by atoms with E-state index in [4.69, 9.17) is 14.6 Å². The quantitative estimate of drug-likeness (QED) is 0.290. The molecular weight excluding hydrogens is 320 g/mol. The van der Waals surface area contributed by atoms with E-state index < -0.39 is 5.97 Å². The van der Waals surface area contributed by atoms with Crippen molar-refractivity contribution in [3.8, 4) is 5.75 Å². The van der Waals surface area contributed by atoms with Gasteiger partial charge in [-0.3, -0.25) is 0 Å². The van der Waals surface area contributed by atoms with Crippen molar-refractivity contribution in [2.75, 3.05) is 6.61 Å². The largest absolute Gasteiger partial charge is 0.478 e. The van der Waals surface area contributed by atoms with Crippen molar-refractivity contribution in [2.45, 2.75) is 39.5 Å². The van der Waals surface area contributed by atoms with Crippen molar-refractivity contribution in [2.24, 2.45) is 5.92 Å². The van der Waals surface area contributed by atoms with E-state index in [1.165, 1.54) is 18.9 Å². The first kappa shape index (κ1) is 22.4. The van der Waals surface area contributed by atoms with Crippen LogP contribution in [-0.4, -0.2) is 23.7 Å². The lowest BCUT2D eigenvalue weighted by atomic mass is 10.1. The molecular formula is C20H28O5. The number of aliphatic carboxylic acids is 1. The van der Waals surface area contributed by atoms with Gasteiger partial charge in [-0.15, -0.1) is 0 Å². The highest BCUT2D eigenvalue weighted by atomic mass is 16.5. The van der Waals surface area contributed by atoms with Crippen molar-refractivity contribution in [3.05, 3.63) is 55.3 Å². The Balaban J connectivity index is 0.000000462. The van der Waals surface area contributed by atoms with Gasteiger partial charge < -0.3 is 14.6 Å². The fourth-order valence-electron chi connectivity index (χ4n) is 1.73. The molecule has 0 heterocycles. The van der Waals surface area contributed by atoms with E-state index in [0.29, 0.717) is 12.4 Å². The van der Waals surface area contributed by atoms with E-state index in [1.54, 1.807) is 12.1 Å². The lowest BCUT2D eigenvalue weighted by molar-refractivity contribution is -0.138. The first-order valence-electron chi connectivity index (χ1n) is 8.36. The summed E-state index contributed by atoms with van der Waals surface area (Å²) in [6.45, 7) is 8.29. The molecule has 25 heavy (non-hydrogen) atoms. The zero-order valence-electron chi connectivity index (χ0n) is 15.0. The molecule has 0 unspecified atom stereocenters. The van der Waals surface area contributed by atoms with Gasteiger partial charge in [0.25, 0.3) is 0 Å². The van der Waals surface area contributed by atoms with E-state index in [2.05, 4.69) is 20.4 Å². The van der Waals surface area contributed by atoms with Crippen LogP contribution in [0.3, 0.4) is 0 Å².